The number of hydrogen-bond donors (Lipinski definition) is 1. The van der Waals surface area contributed by atoms with Crippen molar-refractivity contribution in [3.8, 4) is 0 Å². The fourth-order valence-corrected chi connectivity index (χ4v) is 3.27. The van der Waals surface area contributed by atoms with Crippen LogP contribution in [0.15, 0.2) is 47.2 Å². The molecule has 0 saturated carbocycles. The number of pyridine rings is 1. The van der Waals surface area contributed by atoms with Gasteiger partial charge in [-0.2, -0.15) is 0 Å². The van der Waals surface area contributed by atoms with Crippen molar-refractivity contribution >= 4 is 22.8 Å². The van der Waals surface area contributed by atoms with Gasteiger partial charge in [0.1, 0.15) is 5.92 Å². The minimum absolute atomic E-state index is 0.534. The zero-order chi connectivity index (χ0) is 13.9. The Labute approximate surface area is 119 Å². The zero-order valence-corrected chi connectivity index (χ0v) is 11.3. The third-order valence-electron chi connectivity index (χ3n) is 3.19. The number of nitroso groups, excluding NO2 is 1. The van der Waals surface area contributed by atoms with Gasteiger partial charge in [-0.25, -0.2) is 0 Å². The molecule has 3 heterocycles. The van der Waals surface area contributed by atoms with E-state index in [1.54, 1.807) is 41.9 Å². The number of rotatable bonds is 3. The molecule has 0 bridgehead atoms. The lowest BCUT2D eigenvalue weighted by molar-refractivity contribution is -0.118. The first-order valence-electron chi connectivity index (χ1n) is 6.09. The maximum Gasteiger partial charge on any atom is 0.299 e. The number of aromatic nitrogens is 1. The minimum Gasteiger partial charge on any atom is -0.386 e. The lowest BCUT2D eigenvalue weighted by atomic mass is 9.91. The summed E-state index contributed by atoms with van der Waals surface area (Å²) in [6.07, 6.45) is 3.38. The van der Waals surface area contributed by atoms with Gasteiger partial charge >= 0.3 is 0 Å². The Kier molecular flexibility index (Phi) is 3.39. The number of amides is 1. The summed E-state index contributed by atoms with van der Waals surface area (Å²) < 4.78 is 0. The van der Waals surface area contributed by atoms with Gasteiger partial charge in [-0.1, -0.05) is 6.07 Å². The molecule has 5 nitrogen and oxygen atoms in total. The molecule has 1 N–H and O–H groups in total. The third-order valence-corrected chi connectivity index (χ3v) is 4.20. The van der Waals surface area contributed by atoms with Gasteiger partial charge in [-0.15, -0.1) is 16.2 Å². The molecule has 0 saturated heterocycles. The van der Waals surface area contributed by atoms with E-state index in [1.165, 1.54) is 0 Å². The second-order valence-corrected chi connectivity index (χ2v) is 5.29. The maximum atomic E-state index is 12.0. The predicted octanol–water partition coefficient (Wildman–Crippen LogP) is 2.66. The van der Waals surface area contributed by atoms with Crippen LogP contribution in [0.1, 0.15) is 22.1 Å². The highest BCUT2D eigenvalue weighted by Crippen LogP contribution is 2.38. The van der Waals surface area contributed by atoms with Crippen molar-refractivity contribution in [3.05, 3.63) is 63.1 Å². The van der Waals surface area contributed by atoms with E-state index in [4.69, 9.17) is 0 Å². The summed E-state index contributed by atoms with van der Waals surface area (Å²) in [5, 5.41) is 7.70. The highest BCUT2D eigenvalue weighted by Gasteiger charge is 2.31. The van der Waals surface area contributed by atoms with Crippen LogP contribution in [-0.4, -0.2) is 10.9 Å². The number of nitrogens with zero attached hydrogens (tertiary/aromatic N) is 2. The number of carbonyl (C=O) groups excluding carboxylic acids is 1. The van der Waals surface area contributed by atoms with E-state index in [2.05, 4.69) is 15.5 Å². The van der Waals surface area contributed by atoms with Crippen LogP contribution in [0.25, 0.3) is 5.57 Å². The second-order valence-electron chi connectivity index (χ2n) is 4.37. The first-order chi connectivity index (χ1) is 9.81. The van der Waals surface area contributed by atoms with E-state index in [-0.39, 0.29) is 0 Å². The Bertz CT molecular complexity index is 679. The minimum atomic E-state index is -0.751. The van der Waals surface area contributed by atoms with E-state index < -0.39 is 11.8 Å². The van der Waals surface area contributed by atoms with Gasteiger partial charge in [0.05, 0.1) is 5.69 Å². The molecular formula is C14H11N3O2S. The van der Waals surface area contributed by atoms with Crippen molar-refractivity contribution in [1.29, 1.82) is 0 Å². The molecule has 1 aliphatic rings. The van der Waals surface area contributed by atoms with Gasteiger partial charge < -0.3 is 5.32 Å². The van der Waals surface area contributed by atoms with Crippen molar-refractivity contribution in [2.75, 3.05) is 0 Å². The zero-order valence-electron chi connectivity index (χ0n) is 10.4. The molecule has 1 amide bonds. The molecule has 0 aromatic carbocycles. The normalized spacial score (nSPS) is 14.7. The van der Waals surface area contributed by atoms with E-state index >= 15 is 0 Å². The Morgan fingerprint density at radius 2 is 2.30 bits per heavy atom. The van der Waals surface area contributed by atoms with Gasteiger partial charge in [-0.3, -0.25) is 9.78 Å². The molecule has 3 rings (SSSR count). The van der Waals surface area contributed by atoms with Crippen molar-refractivity contribution in [2.24, 2.45) is 5.18 Å². The number of nitrogens with one attached hydrogen (secondary N) is 1. The summed E-state index contributed by atoms with van der Waals surface area (Å²) in [5.74, 6) is -1.48. The molecule has 2 aromatic rings. The van der Waals surface area contributed by atoms with Gasteiger partial charge in [0, 0.05) is 34.6 Å². The van der Waals surface area contributed by atoms with Crippen LogP contribution in [0, 0.1) is 4.91 Å². The molecule has 0 radical (unpaired) electrons. The smallest absolute Gasteiger partial charge is 0.299 e. The molecule has 6 heteroatoms. The number of hydrogen-bond acceptors (Lipinski definition) is 5. The first kappa shape index (κ1) is 12.7. The van der Waals surface area contributed by atoms with Crippen LogP contribution in [0.4, 0.5) is 0 Å². The molecule has 0 aliphatic carbocycles. The van der Waals surface area contributed by atoms with Gasteiger partial charge in [0.25, 0.3) is 5.91 Å². The Hall–Kier alpha value is -2.34. The third kappa shape index (κ3) is 2.14. The first-order valence-corrected chi connectivity index (χ1v) is 6.97. The molecule has 20 heavy (non-hydrogen) atoms. The van der Waals surface area contributed by atoms with E-state index in [0.717, 1.165) is 22.6 Å². The second kappa shape index (κ2) is 5.34. The van der Waals surface area contributed by atoms with E-state index in [9.17, 15) is 9.70 Å². The molecule has 0 spiro atoms. The molecule has 1 atom stereocenters. The fourth-order valence-electron chi connectivity index (χ4n) is 2.30. The Morgan fingerprint density at radius 1 is 1.40 bits per heavy atom. The number of thiophene rings is 1. The molecule has 1 unspecified atom stereocenters. The molecule has 1 aliphatic heterocycles. The summed E-state index contributed by atoms with van der Waals surface area (Å²) in [6, 6.07) is 7.30. The van der Waals surface area contributed by atoms with Crippen LogP contribution >= 0.6 is 11.3 Å². The summed E-state index contributed by atoms with van der Waals surface area (Å²) in [5.41, 5.74) is 2.41. The summed E-state index contributed by atoms with van der Waals surface area (Å²) in [6.45, 7) is 0.722. The monoisotopic (exact) mass is 285 g/mol. The maximum absolute atomic E-state index is 12.0. The molecular weight excluding hydrogens is 274 g/mol. The fraction of sp³-hybridized carbons (Fsp3) is 0.143. The number of fused-ring (bicyclic) bond motifs is 1. The van der Waals surface area contributed by atoms with Crippen molar-refractivity contribution in [3.63, 3.8) is 0 Å². The van der Waals surface area contributed by atoms with E-state index in [0.29, 0.717) is 5.69 Å². The van der Waals surface area contributed by atoms with Crippen LogP contribution in [0.5, 0.6) is 0 Å². The average molecular weight is 285 g/mol. The predicted molar refractivity (Wildman–Crippen MR) is 76.9 cm³/mol. The van der Waals surface area contributed by atoms with Crippen LogP contribution in [-0.2, 0) is 11.3 Å². The van der Waals surface area contributed by atoms with Crippen LogP contribution in [0.2, 0.25) is 0 Å². The van der Waals surface area contributed by atoms with Crippen molar-refractivity contribution in [2.45, 2.75) is 12.5 Å². The van der Waals surface area contributed by atoms with E-state index in [1.807, 2.05) is 11.4 Å². The largest absolute Gasteiger partial charge is 0.386 e. The lowest BCUT2D eigenvalue weighted by Crippen LogP contribution is -2.20. The molecule has 0 fully saturated rings. The quantitative estimate of drug-likeness (QED) is 0.880. The van der Waals surface area contributed by atoms with Crippen molar-refractivity contribution < 1.29 is 4.79 Å². The summed E-state index contributed by atoms with van der Waals surface area (Å²) >= 11 is 1.55. The Morgan fingerprint density at radius 3 is 3.05 bits per heavy atom. The molecule has 2 aromatic heterocycles. The van der Waals surface area contributed by atoms with Gasteiger partial charge in [-0.05, 0) is 29.1 Å². The van der Waals surface area contributed by atoms with Crippen molar-refractivity contribution in [1.82, 2.24) is 10.3 Å². The summed E-state index contributed by atoms with van der Waals surface area (Å²) in [7, 11) is 0. The van der Waals surface area contributed by atoms with Crippen LogP contribution < -0.4 is 5.32 Å². The van der Waals surface area contributed by atoms with Gasteiger partial charge in [0.2, 0.25) is 0 Å². The highest BCUT2D eigenvalue weighted by molar-refractivity contribution is 7.11. The molecule has 100 valence electrons. The standard InChI is InChI=1S/C14H11N3O2S/c18-14(17-19)12(11-3-1-2-5-16-11)10-8-15-7-9-4-6-20-13(9)10/h1-6,8,12,15H,7H2. The van der Waals surface area contributed by atoms with Crippen LogP contribution in [0.3, 0.4) is 0 Å². The Balaban J connectivity index is 2.10. The van der Waals surface area contributed by atoms with Gasteiger partial charge in [0.15, 0.2) is 0 Å². The number of carbonyl (C=O) groups is 1. The summed E-state index contributed by atoms with van der Waals surface area (Å²) in [4.78, 5) is 27.9. The SMILES string of the molecule is O=NC(=O)C(C1=CNCc2ccsc21)c1ccccn1. The lowest BCUT2D eigenvalue weighted by Gasteiger charge is -2.20. The highest BCUT2D eigenvalue weighted by atomic mass is 32.1. The average Bonchev–Trinajstić information content (AvgIpc) is 2.98. The topological polar surface area (TPSA) is 71.4 Å².